The second-order valence-corrected chi connectivity index (χ2v) is 7.77. The fourth-order valence-corrected chi connectivity index (χ4v) is 3.99. The van der Waals surface area contributed by atoms with Crippen molar-refractivity contribution in [2.75, 3.05) is 13.1 Å². The van der Waals surface area contributed by atoms with Crippen LogP contribution in [0.2, 0.25) is 0 Å². The number of amides is 2. The van der Waals surface area contributed by atoms with Gasteiger partial charge in [-0.25, -0.2) is 0 Å². The minimum absolute atomic E-state index is 0.0155. The van der Waals surface area contributed by atoms with Gasteiger partial charge in [-0.15, -0.1) is 0 Å². The molecule has 2 aliphatic heterocycles. The van der Waals surface area contributed by atoms with Gasteiger partial charge in [0.1, 0.15) is 5.70 Å². The minimum Gasteiger partial charge on any atom is -0.372 e. The van der Waals surface area contributed by atoms with Crippen LogP contribution in [-0.2, 0) is 20.9 Å². The summed E-state index contributed by atoms with van der Waals surface area (Å²) >= 11 is 0. The standard InChI is InChI=1S/C23H25N3O3/c1-15-7-9-18(10-8-15)20-21(25-12-16(2)29-17(3)13-25)23(28)26(22(20)27)14-19-6-4-5-11-24-19/h4-11,16-17H,12-14H2,1-3H3. The number of rotatable bonds is 4. The van der Waals surface area contributed by atoms with Gasteiger partial charge in [0, 0.05) is 19.3 Å². The Labute approximate surface area is 170 Å². The number of hydrogen-bond donors (Lipinski definition) is 0. The van der Waals surface area contributed by atoms with Crippen molar-refractivity contribution in [1.82, 2.24) is 14.8 Å². The number of aromatic nitrogens is 1. The van der Waals surface area contributed by atoms with Crippen LogP contribution in [0, 0.1) is 6.92 Å². The molecule has 0 radical (unpaired) electrons. The van der Waals surface area contributed by atoms with Gasteiger partial charge >= 0.3 is 0 Å². The van der Waals surface area contributed by atoms with Gasteiger partial charge in [0.25, 0.3) is 11.8 Å². The fraction of sp³-hybridized carbons (Fsp3) is 0.348. The first-order chi connectivity index (χ1) is 13.9. The number of imide groups is 1. The molecular formula is C23H25N3O3. The van der Waals surface area contributed by atoms with Crippen LogP contribution in [0.1, 0.15) is 30.7 Å². The van der Waals surface area contributed by atoms with Crippen LogP contribution in [0.3, 0.4) is 0 Å². The van der Waals surface area contributed by atoms with Crippen molar-refractivity contribution in [1.29, 1.82) is 0 Å². The Morgan fingerprint density at radius 3 is 2.31 bits per heavy atom. The molecule has 2 unspecified atom stereocenters. The lowest BCUT2D eigenvalue weighted by Gasteiger charge is -2.37. The van der Waals surface area contributed by atoms with E-state index in [0.717, 1.165) is 11.1 Å². The second kappa shape index (κ2) is 7.79. The first-order valence-corrected chi connectivity index (χ1v) is 9.92. The summed E-state index contributed by atoms with van der Waals surface area (Å²) in [6, 6.07) is 13.2. The smallest absolute Gasteiger partial charge is 0.278 e. The highest BCUT2D eigenvalue weighted by atomic mass is 16.5. The van der Waals surface area contributed by atoms with Crippen molar-refractivity contribution in [3.8, 4) is 0 Å². The van der Waals surface area contributed by atoms with Crippen molar-refractivity contribution < 1.29 is 14.3 Å². The van der Waals surface area contributed by atoms with E-state index < -0.39 is 0 Å². The molecule has 0 saturated carbocycles. The fourth-order valence-electron chi connectivity index (χ4n) is 3.99. The summed E-state index contributed by atoms with van der Waals surface area (Å²) in [6.07, 6.45) is 1.64. The van der Waals surface area contributed by atoms with E-state index in [2.05, 4.69) is 4.98 Å². The predicted octanol–water partition coefficient (Wildman–Crippen LogP) is 2.78. The maximum Gasteiger partial charge on any atom is 0.278 e. The summed E-state index contributed by atoms with van der Waals surface area (Å²) < 4.78 is 5.83. The molecule has 1 fully saturated rings. The van der Waals surface area contributed by atoms with Crippen molar-refractivity contribution >= 4 is 17.4 Å². The normalized spacial score (nSPS) is 22.6. The molecule has 2 atom stereocenters. The molecule has 4 rings (SSSR count). The average Bonchev–Trinajstić information content (AvgIpc) is 2.93. The molecule has 6 nitrogen and oxygen atoms in total. The van der Waals surface area contributed by atoms with Gasteiger partial charge in [-0.3, -0.25) is 19.5 Å². The SMILES string of the molecule is Cc1ccc(C2=C(N3CC(C)OC(C)C3)C(=O)N(Cc3ccccn3)C2=O)cc1. The largest absolute Gasteiger partial charge is 0.372 e. The molecule has 1 aromatic heterocycles. The molecule has 0 N–H and O–H groups in total. The zero-order valence-electron chi connectivity index (χ0n) is 17.0. The quantitative estimate of drug-likeness (QED) is 0.750. The molecule has 0 spiro atoms. The Morgan fingerprint density at radius 1 is 1.00 bits per heavy atom. The summed E-state index contributed by atoms with van der Waals surface area (Å²) in [5.41, 5.74) is 3.48. The number of nitrogens with zero attached hydrogens (tertiary/aromatic N) is 3. The summed E-state index contributed by atoms with van der Waals surface area (Å²) in [4.78, 5) is 34.4. The number of hydrogen-bond acceptors (Lipinski definition) is 5. The van der Waals surface area contributed by atoms with Gasteiger partial charge in [-0.2, -0.15) is 0 Å². The monoisotopic (exact) mass is 391 g/mol. The van der Waals surface area contributed by atoms with Gasteiger partial charge < -0.3 is 9.64 Å². The summed E-state index contributed by atoms with van der Waals surface area (Å²) in [5.74, 6) is -0.538. The lowest BCUT2D eigenvalue weighted by Crippen LogP contribution is -2.46. The summed E-state index contributed by atoms with van der Waals surface area (Å²) in [5, 5.41) is 0. The maximum atomic E-state index is 13.4. The second-order valence-electron chi connectivity index (χ2n) is 7.77. The first kappa shape index (κ1) is 19.3. The molecule has 1 aromatic carbocycles. The van der Waals surface area contributed by atoms with Crippen molar-refractivity contribution in [2.45, 2.75) is 39.5 Å². The molecule has 2 aromatic rings. The Balaban J connectivity index is 1.75. The number of carbonyl (C=O) groups excluding carboxylic acids is 2. The Bertz CT molecular complexity index is 943. The van der Waals surface area contributed by atoms with Crippen LogP contribution in [0.5, 0.6) is 0 Å². The highest BCUT2D eigenvalue weighted by Gasteiger charge is 2.43. The van der Waals surface area contributed by atoms with E-state index in [0.29, 0.717) is 30.1 Å². The molecule has 2 amide bonds. The molecule has 1 saturated heterocycles. The molecule has 150 valence electrons. The number of morpholine rings is 1. The molecular weight excluding hydrogens is 366 g/mol. The van der Waals surface area contributed by atoms with E-state index in [1.807, 2.05) is 68.1 Å². The zero-order chi connectivity index (χ0) is 20.5. The van der Waals surface area contributed by atoms with E-state index >= 15 is 0 Å². The number of carbonyl (C=O) groups is 2. The summed E-state index contributed by atoms with van der Waals surface area (Å²) in [7, 11) is 0. The van der Waals surface area contributed by atoms with Crippen molar-refractivity contribution in [3.05, 3.63) is 71.2 Å². The average molecular weight is 391 g/mol. The van der Waals surface area contributed by atoms with Crippen LogP contribution in [0.4, 0.5) is 0 Å². The lowest BCUT2D eigenvalue weighted by atomic mass is 10.0. The third-order valence-corrected chi connectivity index (χ3v) is 5.27. The van der Waals surface area contributed by atoms with Crippen molar-refractivity contribution in [3.63, 3.8) is 0 Å². The number of pyridine rings is 1. The third-order valence-electron chi connectivity index (χ3n) is 5.27. The minimum atomic E-state index is -0.272. The van der Waals surface area contributed by atoms with Gasteiger partial charge in [0.15, 0.2) is 0 Å². The van der Waals surface area contributed by atoms with E-state index in [4.69, 9.17) is 4.74 Å². The van der Waals surface area contributed by atoms with E-state index in [9.17, 15) is 9.59 Å². The van der Waals surface area contributed by atoms with E-state index in [1.165, 1.54) is 4.90 Å². The summed E-state index contributed by atoms with van der Waals surface area (Å²) in [6.45, 7) is 7.28. The van der Waals surface area contributed by atoms with Crippen LogP contribution >= 0.6 is 0 Å². The van der Waals surface area contributed by atoms with Crippen LogP contribution < -0.4 is 0 Å². The maximum absolute atomic E-state index is 13.4. The Kier molecular flexibility index (Phi) is 5.20. The molecule has 0 aliphatic carbocycles. The van der Waals surface area contributed by atoms with Crippen LogP contribution in [-0.4, -0.2) is 51.9 Å². The molecule has 2 aliphatic rings. The number of aryl methyl sites for hydroxylation is 1. The van der Waals surface area contributed by atoms with Gasteiger partial charge in [-0.05, 0) is 38.5 Å². The first-order valence-electron chi connectivity index (χ1n) is 9.92. The molecule has 6 heteroatoms. The van der Waals surface area contributed by atoms with Crippen molar-refractivity contribution in [2.24, 2.45) is 0 Å². The number of benzene rings is 1. The zero-order valence-corrected chi connectivity index (χ0v) is 17.0. The molecule has 29 heavy (non-hydrogen) atoms. The predicted molar refractivity (Wildman–Crippen MR) is 109 cm³/mol. The van der Waals surface area contributed by atoms with Gasteiger partial charge in [-0.1, -0.05) is 35.9 Å². The molecule has 0 bridgehead atoms. The lowest BCUT2D eigenvalue weighted by molar-refractivity contribution is -0.139. The van der Waals surface area contributed by atoms with Crippen LogP contribution in [0.15, 0.2) is 54.4 Å². The van der Waals surface area contributed by atoms with Crippen LogP contribution in [0.25, 0.3) is 5.57 Å². The molecule has 3 heterocycles. The van der Waals surface area contributed by atoms with Gasteiger partial charge in [0.2, 0.25) is 0 Å². The highest BCUT2D eigenvalue weighted by molar-refractivity contribution is 6.35. The van der Waals surface area contributed by atoms with Gasteiger partial charge in [0.05, 0.1) is 30.0 Å². The highest BCUT2D eigenvalue weighted by Crippen LogP contribution is 2.34. The Morgan fingerprint density at radius 2 is 1.69 bits per heavy atom. The topological polar surface area (TPSA) is 62.7 Å². The van der Waals surface area contributed by atoms with E-state index in [-0.39, 0.29) is 30.6 Å². The Hall–Kier alpha value is -2.99. The third kappa shape index (κ3) is 3.80. The van der Waals surface area contributed by atoms with E-state index in [1.54, 1.807) is 6.20 Å². The number of ether oxygens (including phenoxy) is 1.